The maximum Gasteiger partial charge on any atom is 0.433 e. The number of nitrogens with zero attached hydrogens (tertiary/aromatic N) is 4. The lowest BCUT2D eigenvalue weighted by Gasteiger charge is -2.24. The molecule has 0 fully saturated rings. The summed E-state index contributed by atoms with van der Waals surface area (Å²) in [6.07, 6.45) is -4.81. The van der Waals surface area contributed by atoms with Crippen molar-refractivity contribution in [2.24, 2.45) is 0 Å². The summed E-state index contributed by atoms with van der Waals surface area (Å²) in [5.74, 6) is -0.934. The van der Waals surface area contributed by atoms with Crippen LogP contribution in [0.15, 0.2) is 52.7 Å². The predicted octanol–water partition coefficient (Wildman–Crippen LogP) is 7.02. The van der Waals surface area contributed by atoms with Crippen molar-refractivity contribution >= 4 is 57.1 Å². The summed E-state index contributed by atoms with van der Waals surface area (Å²) in [5.41, 5.74) is 2.12. The Hall–Kier alpha value is -3.39. The maximum atomic E-state index is 14.9. The van der Waals surface area contributed by atoms with Crippen LogP contribution in [0, 0.1) is 12.7 Å². The van der Waals surface area contributed by atoms with Crippen LogP contribution in [0.2, 0.25) is 5.02 Å². The minimum Gasteiger partial charge on any atom is -0.355 e. The fraction of sp³-hybridized carbons (Fsp3) is 0.167. The second-order valence-corrected chi connectivity index (χ2v) is 10.4. The molecular formula is C24H17ClF4N6OS2. The quantitative estimate of drug-likeness (QED) is 0.193. The molecule has 4 aromatic rings. The molecule has 2 N–H and O–H groups in total. The fourth-order valence-corrected chi connectivity index (χ4v) is 5.18. The van der Waals surface area contributed by atoms with Crippen LogP contribution in [0.4, 0.5) is 28.9 Å². The van der Waals surface area contributed by atoms with Crippen LogP contribution in [0.1, 0.15) is 17.7 Å². The topological polar surface area (TPSA) is 79.1 Å². The molecular weight excluding hydrogens is 564 g/mol. The summed E-state index contributed by atoms with van der Waals surface area (Å²) >= 11 is 12.4. The van der Waals surface area contributed by atoms with Gasteiger partial charge in [-0.25, -0.2) is 9.82 Å². The SMILES string of the molecule is CC(=S)Nc1cccc(N2NCC(c3onc(-c4c(F)cccc4Cl)c3-c3nnc(C)s3)=C2C(F)(F)F)c1. The first-order chi connectivity index (χ1) is 18.0. The van der Waals surface area contributed by atoms with Crippen molar-refractivity contribution in [3.63, 3.8) is 0 Å². The van der Waals surface area contributed by atoms with E-state index in [2.05, 4.69) is 26.1 Å². The molecule has 0 radical (unpaired) electrons. The van der Waals surface area contributed by atoms with Gasteiger partial charge in [0, 0.05) is 17.8 Å². The molecule has 14 heteroatoms. The number of anilines is 2. The van der Waals surface area contributed by atoms with Crippen molar-refractivity contribution < 1.29 is 22.1 Å². The second kappa shape index (κ2) is 10.1. The summed E-state index contributed by atoms with van der Waals surface area (Å²) in [6.45, 7) is 3.09. The van der Waals surface area contributed by atoms with Gasteiger partial charge in [-0.3, -0.25) is 5.01 Å². The van der Waals surface area contributed by atoms with Gasteiger partial charge in [-0.15, -0.1) is 10.2 Å². The third-order valence-electron chi connectivity index (χ3n) is 5.52. The number of thiocarbonyl (C=S) groups is 1. The average Bonchev–Trinajstić information content (AvgIpc) is 3.56. The Bertz CT molecular complexity index is 1560. The van der Waals surface area contributed by atoms with Gasteiger partial charge in [-0.05, 0) is 44.2 Å². The third kappa shape index (κ3) is 4.89. The zero-order valence-electron chi connectivity index (χ0n) is 19.7. The van der Waals surface area contributed by atoms with Crippen molar-refractivity contribution in [3.05, 3.63) is 69.8 Å². The Kier molecular flexibility index (Phi) is 6.94. The lowest BCUT2D eigenvalue weighted by molar-refractivity contribution is -0.0926. The summed E-state index contributed by atoms with van der Waals surface area (Å²) in [5, 5.41) is 16.6. The molecule has 2 aromatic heterocycles. The van der Waals surface area contributed by atoms with Crippen molar-refractivity contribution in [2.75, 3.05) is 16.9 Å². The molecule has 38 heavy (non-hydrogen) atoms. The van der Waals surface area contributed by atoms with Crippen LogP contribution in [-0.2, 0) is 0 Å². The first-order valence-corrected chi connectivity index (χ1v) is 12.6. The van der Waals surface area contributed by atoms with Gasteiger partial charge in [-0.1, -0.05) is 52.4 Å². The van der Waals surface area contributed by atoms with Gasteiger partial charge >= 0.3 is 6.18 Å². The Morgan fingerprint density at radius 3 is 2.61 bits per heavy atom. The minimum atomic E-state index is -4.81. The van der Waals surface area contributed by atoms with E-state index in [1.165, 1.54) is 30.3 Å². The van der Waals surface area contributed by atoms with Gasteiger partial charge in [0.05, 0.1) is 26.8 Å². The smallest absolute Gasteiger partial charge is 0.355 e. The zero-order chi connectivity index (χ0) is 27.2. The molecule has 0 spiro atoms. The number of hydrogen-bond acceptors (Lipinski definition) is 8. The van der Waals surface area contributed by atoms with Crippen LogP contribution < -0.4 is 15.8 Å². The van der Waals surface area contributed by atoms with Gasteiger partial charge in [0.2, 0.25) is 0 Å². The molecule has 0 atom stereocenters. The highest BCUT2D eigenvalue weighted by Gasteiger charge is 2.46. The van der Waals surface area contributed by atoms with Crippen LogP contribution in [0.5, 0.6) is 0 Å². The first kappa shape index (κ1) is 26.2. The number of alkyl halides is 3. The van der Waals surface area contributed by atoms with Crippen molar-refractivity contribution in [3.8, 4) is 21.8 Å². The molecule has 0 bridgehead atoms. The van der Waals surface area contributed by atoms with Gasteiger partial charge in [0.15, 0.2) is 10.8 Å². The summed E-state index contributed by atoms with van der Waals surface area (Å²) < 4.78 is 64.2. The Morgan fingerprint density at radius 2 is 1.95 bits per heavy atom. The van der Waals surface area contributed by atoms with E-state index in [0.29, 0.717) is 15.7 Å². The number of hydrogen-bond donors (Lipinski definition) is 2. The van der Waals surface area contributed by atoms with Gasteiger partial charge < -0.3 is 9.84 Å². The van der Waals surface area contributed by atoms with Crippen LogP contribution in [0.3, 0.4) is 0 Å². The van der Waals surface area contributed by atoms with Crippen molar-refractivity contribution in [1.29, 1.82) is 0 Å². The summed E-state index contributed by atoms with van der Waals surface area (Å²) in [6, 6.07) is 10.4. The Morgan fingerprint density at radius 1 is 1.18 bits per heavy atom. The number of allylic oxidation sites excluding steroid dienone is 1. The highest BCUT2D eigenvalue weighted by molar-refractivity contribution is 7.80. The van der Waals surface area contributed by atoms with Crippen LogP contribution in [0.25, 0.3) is 27.4 Å². The van der Waals surface area contributed by atoms with Gasteiger partial charge in [0.1, 0.15) is 22.2 Å². The fourth-order valence-electron chi connectivity index (χ4n) is 4.07. The molecule has 1 aliphatic heterocycles. The average molecular weight is 581 g/mol. The van der Waals surface area contributed by atoms with Crippen molar-refractivity contribution in [2.45, 2.75) is 20.0 Å². The lowest BCUT2D eigenvalue weighted by Crippen LogP contribution is -2.36. The Balaban J connectivity index is 1.73. The monoisotopic (exact) mass is 580 g/mol. The van der Waals surface area contributed by atoms with E-state index in [9.17, 15) is 17.6 Å². The molecule has 0 unspecified atom stereocenters. The number of benzene rings is 2. The first-order valence-electron chi connectivity index (χ1n) is 11.0. The number of rotatable bonds is 5. The van der Waals surface area contributed by atoms with E-state index in [-0.39, 0.29) is 50.4 Å². The lowest BCUT2D eigenvalue weighted by atomic mass is 10.0. The normalized spacial score (nSPS) is 13.9. The molecule has 5 rings (SSSR count). The van der Waals surface area contributed by atoms with Gasteiger partial charge in [0.25, 0.3) is 0 Å². The molecule has 1 aliphatic rings. The number of aryl methyl sites for hydroxylation is 1. The Labute approximate surface area is 228 Å². The largest absolute Gasteiger partial charge is 0.433 e. The molecule has 3 heterocycles. The highest BCUT2D eigenvalue weighted by Crippen LogP contribution is 2.46. The molecule has 0 amide bonds. The predicted molar refractivity (Wildman–Crippen MR) is 142 cm³/mol. The molecule has 7 nitrogen and oxygen atoms in total. The van der Waals surface area contributed by atoms with Crippen LogP contribution >= 0.6 is 35.2 Å². The van der Waals surface area contributed by atoms with E-state index < -0.39 is 17.7 Å². The maximum absolute atomic E-state index is 14.9. The highest BCUT2D eigenvalue weighted by atomic mass is 35.5. The molecule has 0 aliphatic carbocycles. The van der Waals surface area contributed by atoms with Gasteiger partial charge in [-0.2, -0.15) is 13.2 Å². The number of aromatic nitrogens is 3. The molecule has 196 valence electrons. The third-order valence-corrected chi connectivity index (χ3v) is 6.80. The molecule has 0 saturated heterocycles. The summed E-state index contributed by atoms with van der Waals surface area (Å²) in [7, 11) is 0. The molecule has 2 aromatic carbocycles. The second-order valence-electron chi connectivity index (χ2n) is 8.18. The minimum absolute atomic E-state index is 0.0155. The summed E-state index contributed by atoms with van der Waals surface area (Å²) in [4.78, 5) is 0.460. The van der Waals surface area contributed by atoms with Crippen LogP contribution in [-0.4, -0.2) is 33.1 Å². The van der Waals surface area contributed by atoms with E-state index in [0.717, 1.165) is 16.3 Å². The van der Waals surface area contributed by atoms with Crippen molar-refractivity contribution in [1.82, 2.24) is 20.8 Å². The standard InChI is InChI=1S/C24H17ClF4N6OS2/c1-11(37)31-13-5-3-6-14(9-13)35-22(24(27,28)29)15(10-30-35)21-19(23-33-32-12(2)38-23)20(34-36-21)18-16(25)7-4-8-17(18)26/h3-9,30H,10H2,1-2H3,(H,31,37). The zero-order valence-corrected chi connectivity index (χ0v) is 22.0. The van der Waals surface area contributed by atoms with E-state index in [4.69, 9.17) is 28.3 Å². The molecule has 0 saturated carbocycles. The number of halogens is 5. The number of nitrogens with one attached hydrogen (secondary N) is 2. The number of hydrazine groups is 1. The van der Waals surface area contributed by atoms with E-state index >= 15 is 0 Å². The van der Waals surface area contributed by atoms with E-state index in [1.54, 1.807) is 26.0 Å². The van der Waals surface area contributed by atoms with E-state index in [1.807, 2.05) is 0 Å².